The summed E-state index contributed by atoms with van der Waals surface area (Å²) in [5.74, 6) is 0.590. The summed E-state index contributed by atoms with van der Waals surface area (Å²) in [5, 5.41) is 28.1. The summed E-state index contributed by atoms with van der Waals surface area (Å²) in [6, 6.07) is 11.6. The van der Waals surface area contributed by atoms with Gasteiger partial charge < -0.3 is 10.2 Å². The standard InChI is InChI=1S/C28H28O2S4/c1-31-23-9-15(10-24(23)32-2)27-19-7-5-18(30)14-22(19)28(20-8-6-17(29)13-21(20)27)16-11-25(33-3)26(12-16)34-4/h5-8,13-14,29-30H,9-12H2,1-4H3. The minimum atomic E-state index is 0.295. The van der Waals surface area contributed by atoms with Crippen LogP contribution in [0, 0.1) is 0 Å². The van der Waals surface area contributed by atoms with Crippen molar-refractivity contribution in [1.29, 1.82) is 0 Å². The number of rotatable bonds is 4. The van der Waals surface area contributed by atoms with E-state index in [1.54, 1.807) is 12.1 Å². The van der Waals surface area contributed by atoms with E-state index < -0.39 is 0 Å². The molecule has 0 unspecified atom stereocenters. The first-order valence-electron chi connectivity index (χ1n) is 11.2. The number of phenolic OH excluding ortho intramolecular Hbond substituents is 2. The summed E-state index contributed by atoms with van der Waals surface area (Å²) in [7, 11) is 0. The molecule has 2 nitrogen and oxygen atoms in total. The maximum Gasteiger partial charge on any atom is 0.116 e. The van der Waals surface area contributed by atoms with Gasteiger partial charge in [-0.25, -0.2) is 0 Å². The van der Waals surface area contributed by atoms with Crippen LogP contribution in [-0.2, 0) is 0 Å². The van der Waals surface area contributed by atoms with Crippen molar-refractivity contribution < 1.29 is 10.2 Å². The Kier molecular flexibility index (Phi) is 6.95. The molecule has 5 rings (SSSR count). The van der Waals surface area contributed by atoms with Crippen molar-refractivity contribution in [3.8, 4) is 11.5 Å². The molecule has 3 aromatic carbocycles. The first kappa shape index (κ1) is 24.1. The molecule has 0 bridgehead atoms. The van der Waals surface area contributed by atoms with E-state index in [0.29, 0.717) is 11.5 Å². The zero-order chi connectivity index (χ0) is 24.0. The molecule has 2 aliphatic carbocycles. The van der Waals surface area contributed by atoms with Crippen molar-refractivity contribution in [2.75, 3.05) is 25.0 Å². The number of hydrogen-bond donors (Lipinski definition) is 2. The summed E-state index contributed by atoms with van der Waals surface area (Å²) in [6.07, 6.45) is 12.4. The van der Waals surface area contributed by atoms with Gasteiger partial charge in [0.2, 0.25) is 0 Å². The number of thioether (sulfide) groups is 4. The topological polar surface area (TPSA) is 40.5 Å². The molecule has 3 aromatic rings. The third kappa shape index (κ3) is 4.06. The van der Waals surface area contributed by atoms with Crippen molar-refractivity contribution >= 4 is 79.7 Å². The lowest BCUT2D eigenvalue weighted by Crippen LogP contribution is -2.18. The molecule has 0 amide bonds. The summed E-state index contributed by atoms with van der Waals surface area (Å²) in [5.41, 5.74) is 2.80. The lowest BCUT2D eigenvalue weighted by molar-refractivity contribution is 0.475. The second-order valence-electron chi connectivity index (χ2n) is 8.63. The van der Waals surface area contributed by atoms with Crippen LogP contribution < -0.4 is 10.4 Å². The third-order valence-electron chi connectivity index (χ3n) is 6.89. The van der Waals surface area contributed by atoms with Gasteiger partial charge in [-0.3, -0.25) is 0 Å². The lowest BCUT2D eigenvalue weighted by atomic mass is 9.91. The van der Waals surface area contributed by atoms with Crippen LogP contribution >= 0.6 is 47.0 Å². The monoisotopic (exact) mass is 524 g/mol. The van der Waals surface area contributed by atoms with E-state index in [1.807, 2.05) is 59.2 Å². The van der Waals surface area contributed by atoms with Crippen LogP contribution in [0.3, 0.4) is 0 Å². The molecular weight excluding hydrogens is 497 g/mol. The normalized spacial score (nSPS) is 16.7. The van der Waals surface area contributed by atoms with Crippen molar-refractivity contribution in [2.45, 2.75) is 25.7 Å². The van der Waals surface area contributed by atoms with Gasteiger partial charge in [-0.1, -0.05) is 23.3 Å². The van der Waals surface area contributed by atoms with E-state index in [0.717, 1.165) is 36.5 Å². The largest absolute Gasteiger partial charge is 0.508 e. The number of allylic oxidation sites excluding steroid dienone is 4. The van der Waals surface area contributed by atoms with E-state index >= 15 is 0 Å². The molecule has 0 spiro atoms. The highest BCUT2D eigenvalue weighted by molar-refractivity contribution is 8.06. The molecule has 2 aliphatic rings. The number of fused-ring (bicyclic) bond motifs is 2. The van der Waals surface area contributed by atoms with Crippen LogP contribution in [0.2, 0.25) is 0 Å². The van der Waals surface area contributed by atoms with Crippen LogP contribution in [0.1, 0.15) is 25.7 Å². The molecule has 0 radical (unpaired) electrons. The van der Waals surface area contributed by atoms with Crippen LogP contribution in [-0.4, -0.2) is 35.2 Å². The van der Waals surface area contributed by atoms with Crippen LogP contribution in [0.4, 0.5) is 0 Å². The Morgan fingerprint density at radius 1 is 0.500 bits per heavy atom. The third-order valence-corrected chi connectivity index (χ3v) is 10.7. The van der Waals surface area contributed by atoms with Gasteiger partial charge in [-0.2, -0.15) is 0 Å². The van der Waals surface area contributed by atoms with E-state index in [4.69, 9.17) is 0 Å². The Labute approximate surface area is 217 Å². The zero-order valence-corrected chi connectivity index (χ0v) is 23.1. The van der Waals surface area contributed by atoms with Gasteiger partial charge in [0.05, 0.1) is 0 Å². The smallest absolute Gasteiger partial charge is 0.116 e. The van der Waals surface area contributed by atoms with Crippen molar-refractivity contribution in [3.05, 3.63) is 66.5 Å². The fraction of sp³-hybridized carbons (Fsp3) is 0.286. The highest BCUT2D eigenvalue weighted by Gasteiger charge is 2.23. The second kappa shape index (κ2) is 9.81. The van der Waals surface area contributed by atoms with E-state index in [-0.39, 0.29) is 0 Å². The average Bonchev–Trinajstić information content (AvgIpc) is 3.45. The Hall–Kier alpha value is -1.60. The molecule has 0 saturated heterocycles. The first-order valence-corrected chi connectivity index (χ1v) is 16.1. The average molecular weight is 525 g/mol. The predicted molar refractivity (Wildman–Crippen MR) is 157 cm³/mol. The van der Waals surface area contributed by atoms with Gasteiger partial charge >= 0.3 is 0 Å². The van der Waals surface area contributed by atoms with Crippen molar-refractivity contribution in [3.63, 3.8) is 0 Å². The van der Waals surface area contributed by atoms with E-state index in [1.165, 1.54) is 52.0 Å². The number of benzene rings is 3. The maximum absolute atomic E-state index is 10.5. The maximum atomic E-state index is 10.5. The van der Waals surface area contributed by atoms with Gasteiger partial charge in [0.25, 0.3) is 0 Å². The highest BCUT2D eigenvalue weighted by Crippen LogP contribution is 2.44. The van der Waals surface area contributed by atoms with Gasteiger partial charge in [0, 0.05) is 25.7 Å². The number of hydrogen-bond acceptors (Lipinski definition) is 6. The zero-order valence-electron chi connectivity index (χ0n) is 19.8. The lowest BCUT2D eigenvalue weighted by Gasteiger charge is -2.13. The molecule has 0 fully saturated rings. The molecule has 0 saturated carbocycles. The van der Waals surface area contributed by atoms with E-state index in [2.05, 4.69) is 37.2 Å². The molecule has 2 N–H and O–H groups in total. The molecular formula is C28H28O2S4. The van der Waals surface area contributed by atoms with Crippen LogP contribution in [0.15, 0.2) is 56.0 Å². The fourth-order valence-electron chi connectivity index (χ4n) is 5.36. The van der Waals surface area contributed by atoms with Gasteiger partial charge in [-0.05, 0) is 101 Å². The highest BCUT2D eigenvalue weighted by atomic mass is 32.2. The minimum absolute atomic E-state index is 0.295. The Bertz CT molecular complexity index is 1360. The SMILES string of the molecule is CSC1=C(SC)CC(=c2c3ccc(O)cc3c(=C3CC(SC)=C(SC)C3)c3ccc(O)cc23)C1. The first-order chi connectivity index (χ1) is 16.5. The molecule has 0 atom stereocenters. The Morgan fingerprint density at radius 3 is 1.12 bits per heavy atom. The van der Waals surface area contributed by atoms with Gasteiger partial charge in [0.1, 0.15) is 11.5 Å². The molecule has 34 heavy (non-hydrogen) atoms. The summed E-state index contributed by atoms with van der Waals surface area (Å²) in [4.78, 5) is 5.76. The molecule has 6 heteroatoms. The second-order valence-corrected chi connectivity index (χ2v) is 12.2. The molecule has 0 aromatic heterocycles. The minimum Gasteiger partial charge on any atom is -0.508 e. The van der Waals surface area contributed by atoms with Crippen molar-refractivity contribution in [1.82, 2.24) is 0 Å². The molecule has 0 aliphatic heterocycles. The molecule has 0 heterocycles. The fourth-order valence-corrected chi connectivity index (χ4v) is 8.83. The Morgan fingerprint density at radius 2 is 0.824 bits per heavy atom. The quantitative estimate of drug-likeness (QED) is 0.353. The Balaban J connectivity index is 1.95. The van der Waals surface area contributed by atoms with E-state index in [9.17, 15) is 10.2 Å². The van der Waals surface area contributed by atoms with Gasteiger partial charge in [-0.15, -0.1) is 47.0 Å². The summed E-state index contributed by atoms with van der Waals surface area (Å²) < 4.78 is 0. The number of aromatic hydroxyl groups is 2. The van der Waals surface area contributed by atoms with Crippen molar-refractivity contribution in [2.24, 2.45) is 0 Å². The molecule has 176 valence electrons. The number of phenols is 2. The van der Waals surface area contributed by atoms with Crippen LogP contribution in [0.25, 0.3) is 32.7 Å². The predicted octanol–water partition coefficient (Wildman–Crippen LogP) is 7.17. The summed E-state index contributed by atoms with van der Waals surface area (Å²) in [6.45, 7) is 0. The van der Waals surface area contributed by atoms with Crippen LogP contribution in [0.5, 0.6) is 11.5 Å². The summed E-state index contributed by atoms with van der Waals surface area (Å²) >= 11 is 7.37. The van der Waals surface area contributed by atoms with Gasteiger partial charge in [0.15, 0.2) is 0 Å².